The summed E-state index contributed by atoms with van der Waals surface area (Å²) < 4.78 is 55.8. The van der Waals surface area contributed by atoms with Gasteiger partial charge in [-0.05, 0) is 80.3 Å². The number of nitrogens with zero attached hydrogens (tertiary/aromatic N) is 2. The van der Waals surface area contributed by atoms with Gasteiger partial charge in [0.1, 0.15) is 24.2 Å². The van der Waals surface area contributed by atoms with Gasteiger partial charge in [-0.3, -0.25) is 13.9 Å². The first-order valence-corrected chi connectivity index (χ1v) is 15.2. The number of amides is 2. The molecule has 0 aliphatic heterocycles. The zero-order valence-corrected chi connectivity index (χ0v) is 24.0. The quantitative estimate of drug-likeness (QED) is 0.331. The van der Waals surface area contributed by atoms with Crippen molar-refractivity contribution in [3.05, 3.63) is 95.6 Å². The van der Waals surface area contributed by atoms with E-state index in [1.54, 1.807) is 31.2 Å². The maximum atomic E-state index is 14.0. The van der Waals surface area contributed by atoms with E-state index < -0.39 is 40.2 Å². The van der Waals surface area contributed by atoms with Crippen molar-refractivity contribution in [1.82, 2.24) is 10.2 Å². The minimum Gasteiger partial charge on any atom is -0.352 e. The molecule has 1 aliphatic rings. The maximum Gasteiger partial charge on any atom is 0.264 e. The van der Waals surface area contributed by atoms with Crippen molar-refractivity contribution in [3.8, 4) is 0 Å². The molecule has 7 nitrogen and oxygen atoms in total. The Labute approximate surface area is 240 Å². The molecule has 0 bridgehead atoms. The average molecular weight is 584 g/mol. The van der Waals surface area contributed by atoms with Crippen LogP contribution in [0.5, 0.6) is 0 Å². The lowest BCUT2D eigenvalue weighted by molar-refractivity contribution is -0.140. The van der Waals surface area contributed by atoms with E-state index in [0.29, 0.717) is 12.0 Å². The van der Waals surface area contributed by atoms with Crippen LogP contribution in [0.25, 0.3) is 0 Å². The van der Waals surface area contributed by atoms with Crippen molar-refractivity contribution >= 4 is 27.5 Å². The van der Waals surface area contributed by atoms with Crippen molar-refractivity contribution in [1.29, 1.82) is 0 Å². The number of nitrogens with one attached hydrogen (secondary N) is 1. The van der Waals surface area contributed by atoms with Crippen molar-refractivity contribution < 1.29 is 26.8 Å². The molecule has 0 aromatic heterocycles. The molecule has 2 amide bonds. The van der Waals surface area contributed by atoms with E-state index in [9.17, 15) is 26.8 Å². The van der Waals surface area contributed by atoms with Gasteiger partial charge >= 0.3 is 0 Å². The van der Waals surface area contributed by atoms with Crippen LogP contribution in [-0.2, 0) is 26.2 Å². The molecular formula is C31H35F2N3O4S. The summed E-state index contributed by atoms with van der Waals surface area (Å²) >= 11 is 0. The molecular weight excluding hydrogens is 548 g/mol. The number of benzene rings is 3. The number of anilines is 1. The highest BCUT2D eigenvalue weighted by Crippen LogP contribution is 2.26. The van der Waals surface area contributed by atoms with Crippen molar-refractivity contribution in [3.63, 3.8) is 0 Å². The highest BCUT2D eigenvalue weighted by atomic mass is 32.2. The number of halogens is 2. The Morgan fingerprint density at radius 3 is 2.02 bits per heavy atom. The molecule has 1 fully saturated rings. The predicted octanol–water partition coefficient (Wildman–Crippen LogP) is 5.33. The maximum absolute atomic E-state index is 14.0. The summed E-state index contributed by atoms with van der Waals surface area (Å²) in [5, 5.41) is 3.05. The third-order valence-corrected chi connectivity index (χ3v) is 9.14. The Balaban J connectivity index is 1.70. The Kier molecular flexibility index (Phi) is 9.75. The average Bonchev–Trinajstić information content (AvgIpc) is 3.46. The van der Waals surface area contributed by atoms with E-state index in [4.69, 9.17) is 0 Å². The molecule has 0 heterocycles. The molecule has 218 valence electrons. The van der Waals surface area contributed by atoms with Gasteiger partial charge in [-0.15, -0.1) is 0 Å². The first-order chi connectivity index (χ1) is 19.6. The van der Waals surface area contributed by atoms with Crippen LogP contribution in [0.15, 0.2) is 77.7 Å². The summed E-state index contributed by atoms with van der Waals surface area (Å²) in [7, 11) is -4.29. The molecule has 10 heteroatoms. The summed E-state index contributed by atoms with van der Waals surface area (Å²) in [5.74, 6) is -1.94. The number of carbonyl (C=O) groups excluding carboxylic acids is 2. The number of hydrogen-bond donors (Lipinski definition) is 1. The van der Waals surface area contributed by atoms with Crippen LogP contribution in [-0.4, -0.2) is 43.8 Å². The van der Waals surface area contributed by atoms with Crippen LogP contribution >= 0.6 is 0 Å². The lowest BCUT2D eigenvalue weighted by atomic mass is 10.1. The second-order valence-corrected chi connectivity index (χ2v) is 12.2. The second kappa shape index (κ2) is 13.2. The van der Waals surface area contributed by atoms with Gasteiger partial charge in [-0.1, -0.05) is 49.6 Å². The largest absolute Gasteiger partial charge is 0.352 e. The lowest BCUT2D eigenvalue weighted by Crippen LogP contribution is -2.53. The molecule has 0 saturated heterocycles. The molecule has 3 aromatic carbocycles. The molecule has 41 heavy (non-hydrogen) atoms. The van der Waals surface area contributed by atoms with Crippen LogP contribution in [0, 0.1) is 18.6 Å². The Bertz CT molecular complexity index is 1440. The van der Waals surface area contributed by atoms with Gasteiger partial charge < -0.3 is 10.2 Å². The Morgan fingerprint density at radius 1 is 0.902 bits per heavy atom. The van der Waals surface area contributed by atoms with E-state index >= 15 is 0 Å². The first kappa shape index (κ1) is 30.2. The van der Waals surface area contributed by atoms with E-state index in [1.165, 1.54) is 29.2 Å². The Morgan fingerprint density at radius 2 is 1.46 bits per heavy atom. The van der Waals surface area contributed by atoms with Gasteiger partial charge in [0, 0.05) is 12.6 Å². The normalized spacial score (nSPS) is 14.4. The van der Waals surface area contributed by atoms with Crippen LogP contribution in [0.4, 0.5) is 14.5 Å². The van der Waals surface area contributed by atoms with Gasteiger partial charge in [-0.2, -0.15) is 0 Å². The van der Waals surface area contributed by atoms with Gasteiger partial charge in [0.25, 0.3) is 10.0 Å². The molecule has 1 N–H and O–H groups in total. The lowest BCUT2D eigenvalue weighted by Gasteiger charge is -2.33. The predicted molar refractivity (Wildman–Crippen MR) is 154 cm³/mol. The van der Waals surface area contributed by atoms with Crippen LogP contribution < -0.4 is 9.62 Å². The van der Waals surface area contributed by atoms with E-state index in [2.05, 4.69) is 5.32 Å². The second-order valence-electron chi connectivity index (χ2n) is 10.4. The molecule has 1 saturated carbocycles. The Hall–Kier alpha value is -3.79. The number of rotatable bonds is 11. The van der Waals surface area contributed by atoms with Crippen molar-refractivity contribution in [2.75, 3.05) is 10.8 Å². The third-order valence-electron chi connectivity index (χ3n) is 7.36. The zero-order chi connectivity index (χ0) is 29.6. The summed E-state index contributed by atoms with van der Waals surface area (Å²) in [6.45, 7) is 3.02. The summed E-state index contributed by atoms with van der Waals surface area (Å²) in [6.07, 6.45) is 4.07. The fourth-order valence-electron chi connectivity index (χ4n) is 5.05. The van der Waals surface area contributed by atoms with E-state index in [1.807, 2.05) is 6.92 Å². The van der Waals surface area contributed by atoms with Gasteiger partial charge in [-0.25, -0.2) is 17.2 Å². The summed E-state index contributed by atoms with van der Waals surface area (Å²) in [6, 6.07) is 15.8. The molecule has 0 spiro atoms. The number of sulfonamides is 1. The number of aryl methyl sites for hydroxylation is 1. The SMILES string of the molecule is CC[C@@H](C(=O)NC1CCCC1)N(Cc1ccc(F)cc1)C(=O)CN(c1ccc(C)cc1)S(=O)(=O)c1ccc(F)cc1. The van der Waals surface area contributed by atoms with E-state index in [-0.39, 0.29) is 29.1 Å². The van der Waals surface area contributed by atoms with Gasteiger partial charge in [0.05, 0.1) is 10.6 Å². The molecule has 1 aliphatic carbocycles. The monoisotopic (exact) mass is 583 g/mol. The van der Waals surface area contributed by atoms with Gasteiger partial charge in [0.2, 0.25) is 11.8 Å². The molecule has 3 aromatic rings. The van der Waals surface area contributed by atoms with Crippen molar-refractivity contribution in [2.24, 2.45) is 0 Å². The smallest absolute Gasteiger partial charge is 0.264 e. The molecule has 0 radical (unpaired) electrons. The zero-order valence-electron chi connectivity index (χ0n) is 23.2. The molecule has 0 unspecified atom stereocenters. The third kappa shape index (κ3) is 7.49. The van der Waals surface area contributed by atoms with Crippen LogP contribution in [0.1, 0.15) is 50.2 Å². The standard InChI is InChI=1S/C31H35F2N3O4S/c1-3-29(31(38)34-26-6-4-5-7-26)35(20-23-10-12-24(32)13-11-23)30(37)21-36(27-16-8-22(2)9-17-27)41(39,40)28-18-14-25(33)15-19-28/h8-19,26,29H,3-7,20-21H2,1-2H3,(H,34,38)/t29-/m0/s1. The number of carbonyl (C=O) groups is 2. The molecule has 1 atom stereocenters. The highest BCUT2D eigenvalue weighted by molar-refractivity contribution is 7.92. The van der Waals surface area contributed by atoms with E-state index in [0.717, 1.165) is 59.8 Å². The minimum atomic E-state index is -4.29. The van der Waals surface area contributed by atoms with Crippen LogP contribution in [0.3, 0.4) is 0 Å². The van der Waals surface area contributed by atoms with Crippen LogP contribution in [0.2, 0.25) is 0 Å². The fraction of sp³-hybridized carbons (Fsp3) is 0.355. The summed E-state index contributed by atoms with van der Waals surface area (Å²) in [5.41, 5.74) is 1.74. The topological polar surface area (TPSA) is 86.8 Å². The van der Waals surface area contributed by atoms with Gasteiger partial charge in [0.15, 0.2) is 0 Å². The van der Waals surface area contributed by atoms with Crippen molar-refractivity contribution in [2.45, 2.75) is 69.5 Å². The minimum absolute atomic E-state index is 0.0198. The summed E-state index contributed by atoms with van der Waals surface area (Å²) in [4.78, 5) is 28.7. The first-order valence-electron chi connectivity index (χ1n) is 13.8. The fourth-order valence-corrected chi connectivity index (χ4v) is 6.46. The number of hydrogen-bond acceptors (Lipinski definition) is 4. The highest BCUT2D eigenvalue weighted by Gasteiger charge is 2.34. The molecule has 4 rings (SSSR count).